The zero-order chi connectivity index (χ0) is 19.1. The van der Waals surface area contributed by atoms with Crippen molar-refractivity contribution in [2.24, 2.45) is 0 Å². The second-order valence-corrected chi connectivity index (χ2v) is 5.82. The number of aliphatic hydroxyl groups excluding tert-OH is 2. The Bertz CT molecular complexity index is 669. The summed E-state index contributed by atoms with van der Waals surface area (Å²) in [5.41, 5.74) is 0.420. The van der Waals surface area contributed by atoms with E-state index < -0.39 is 24.4 Å². The number of ether oxygens (including phenoxy) is 2. The van der Waals surface area contributed by atoms with Gasteiger partial charge in [0.1, 0.15) is 24.1 Å². The van der Waals surface area contributed by atoms with Crippen molar-refractivity contribution < 1.29 is 29.3 Å². The van der Waals surface area contributed by atoms with Crippen LogP contribution in [0.1, 0.15) is 16.8 Å². The van der Waals surface area contributed by atoms with Gasteiger partial charge in [-0.05, 0) is 24.3 Å². The molecule has 140 valence electrons. The first-order chi connectivity index (χ1) is 12.5. The average molecular weight is 362 g/mol. The lowest BCUT2D eigenvalue weighted by Gasteiger charge is -2.15. The summed E-state index contributed by atoms with van der Waals surface area (Å²) >= 11 is 0. The number of hydrogen-bond donors (Lipinski definition) is 4. The highest BCUT2D eigenvalue weighted by atomic mass is 16.5. The zero-order valence-electron chi connectivity index (χ0n) is 14.3. The van der Waals surface area contributed by atoms with E-state index in [-0.39, 0.29) is 31.3 Å². The highest BCUT2D eigenvalue weighted by Gasteiger charge is 2.43. The molecule has 2 rings (SSSR count). The number of benzene rings is 1. The summed E-state index contributed by atoms with van der Waals surface area (Å²) in [6.07, 6.45) is 0.790. The Balaban J connectivity index is 1.86. The molecule has 0 aromatic heterocycles. The molecule has 8 heteroatoms. The lowest BCUT2D eigenvalue weighted by Crippen LogP contribution is -2.40. The van der Waals surface area contributed by atoms with Gasteiger partial charge in [-0.25, -0.2) is 0 Å². The van der Waals surface area contributed by atoms with Crippen LogP contribution in [0.4, 0.5) is 0 Å². The maximum atomic E-state index is 12.1. The maximum Gasteiger partial charge on any atom is 0.251 e. The van der Waals surface area contributed by atoms with Crippen LogP contribution in [0.2, 0.25) is 0 Å². The van der Waals surface area contributed by atoms with Crippen molar-refractivity contribution >= 4 is 11.8 Å². The summed E-state index contributed by atoms with van der Waals surface area (Å²) < 4.78 is 10.5. The third-order valence-corrected chi connectivity index (χ3v) is 4.05. The van der Waals surface area contributed by atoms with Gasteiger partial charge in [0, 0.05) is 12.1 Å². The molecule has 0 bridgehead atoms. The lowest BCUT2D eigenvalue weighted by molar-refractivity contribution is -0.124. The lowest BCUT2D eigenvalue weighted by atomic mass is 10.1. The van der Waals surface area contributed by atoms with Gasteiger partial charge in [0.25, 0.3) is 5.91 Å². The molecule has 8 nitrogen and oxygen atoms in total. The normalized spacial score (nSPS) is 24.5. The minimum atomic E-state index is -1.23. The summed E-state index contributed by atoms with van der Waals surface area (Å²) in [5, 5.41) is 25.2. The molecule has 0 spiro atoms. The molecule has 1 fully saturated rings. The van der Waals surface area contributed by atoms with Crippen LogP contribution in [0.5, 0.6) is 5.75 Å². The Kier molecular flexibility index (Phi) is 6.97. The second-order valence-electron chi connectivity index (χ2n) is 5.82. The van der Waals surface area contributed by atoms with Crippen molar-refractivity contribution in [2.45, 2.75) is 30.8 Å². The fourth-order valence-corrected chi connectivity index (χ4v) is 2.61. The number of hydrogen-bond acceptors (Lipinski definition) is 6. The Morgan fingerprint density at radius 2 is 1.85 bits per heavy atom. The molecule has 1 aliphatic heterocycles. The van der Waals surface area contributed by atoms with E-state index in [9.17, 15) is 19.8 Å². The monoisotopic (exact) mass is 362 g/mol. The van der Waals surface area contributed by atoms with E-state index in [4.69, 9.17) is 15.9 Å². The van der Waals surface area contributed by atoms with Gasteiger partial charge in [0.15, 0.2) is 0 Å². The van der Waals surface area contributed by atoms with Crippen LogP contribution >= 0.6 is 0 Å². The van der Waals surface area contributed by atoms with Crippen molar-refractivity contribution in [3.05, 3.63) is 29.8 Å². The number of aliphatic hydroxyl groups is 2. The van der Waals surface area contributed by atoms with E-state index in [0.29, 0.717) is 11.3 Å². The summed E-state index contributed by atoms with van der Waals surface area (Å²) in [5.74, 6) is 2.16. The van der Waals surface area contributed by atoms with E-state index in [1.165, 1.54) is 7.11 Å². The first-order valence-electron chi connectivity index (χ1n) is 8.10. The Morgan fingerprint density at radius 3 is 2.46 bits per heavy atom. The van der Waals surface area contributed by atoms with Gasteiger partial charge in [-0.1, -0.05) is 5.92 Å². The SMILES string of the molecule is C#CCNC(=O)C[C@@H]1O[C@@H](CNC(=O)c2ccc(OC)cc2)[C@@H](O)[C@H]1O. The fourth-order valence-electron chi connectivity index (χ4n) is 2.61. The van der Waals surface area contributed by atoms with Crippen molar-refractivity contribution in [1.29, 1.82) is 0 Å². The van der Waals surface area contributed by atoms with Gasteiger partial charge in [0.05, 0.1) is 26.2 Å². The number of rotatable bonds is 7. The van der Waals surface area contributed by atoms with Gasteiger partial charge in [-0.2, -0.15) is 0 Å². The van der Waals surface area contributed by atoms with Crippen molar-refractivity contribution in [3.8, 4) is 18.1 Å². The van der Waals surface area contributed by atoms with Crippen molar-refractivity contribution in [2.75, 3.05) is 20.2 Å². The van der Waals surface area contributed by atoms with Gasteiger partial charge < -0.3 is 30.3 Å². The Hall–Kier alpha value is -2.60. The highest BCUT2D eigenvalue weighted by molar-refractivity contribution is 5.94. The highest BCUT2D eigenvalue weighted by Crippen LogP contribution is 2.23. The van der Waals surface area contributed by atoms with Crippen LogP contribution in [0.3, 0.4) is 0 Å². The number of carbonyl (C=O) groups is 2. The van der Waals surface area contributed by atoms with Gasteiger partial charge >= 0.3 is 0 Å². The number of terminal acetylenes is 1. The van der Waals surface area contributed by atoms with Gasteiger partial charge in [-0.15, -0.1) is 6.42 Å². The topological polar surface area (TPSA) is 117 Å². The predicted octanol–water partition coefficient (Wildman–Crippen LogP) is -0.946. The van der Waals surface area contributed by atoms with Gasteiger partial charge in [0.2, 0.25) is 5.91 Å². The van der Waals surface area contributed by atoms with Gasteiger partial charge in [-0.3, -0.25) is 9.59 Å². The van der Waals surface area contributed by atoms with Crippen LogP contribution in [0.25, 0.3) is 0 Å². The maximum absolute atomic E-state index is 12.1. The smallest absolute Gasteiger partial charge is 0.251 e. The summed E-state index contributed by atoms with van der Waals surface area (Å²) in [7, 11) is 1.53. The molecule has 1 aromatic carbocycles. The molecule has 0 radical (unpaired) electrons. The van der Waals surface area contributed by atoms with Crippen LogP contribution in [-0.4, -0.2) is 66.6 Å². The molecule has 1 saturated heterocycles. The standard InChI is InChI=1S/C18H22N2O6/c1-3-8-19-15(21)9-13-16(22)17(23)14(26-13)10-20-18(24)11-4-6-12(25-2)7-5-11/h1,4-7,13-14,16-17,22-23H,8-10H2,2H3,(H,19,21)(H,20,24)/t13-,14-,16-,17+/m0/s1. The zero-order valence-corrected chi connectivity index (χ0v) is 14.3. The van der Waals surface area contributed by atoms with Crippen LogP contribution in [-0.2, 0) is 9.53 Å². The number of amides is 2. The van der Waals surface area contributed by atoms with E-state index in [0.717, 1.165) is 0 Å². The average Bonchev–Trinajstić information content (AvgIpc) is 2.92. The van der Waals surface area contributed by atoms with E-state index in [1.54, 1.807) is 24.3 Å². The van der Waals surface area contributed by atoms with E-state index in [1.807, 2.05) is 0 Å². The van der Waals surface area contributed by atoms with Crippen LogP contribution < -0.4 is 15.4 Å². The van der Waals surface area contributed by atoms with E-state index in [2.05, 4.69) is 16.6 Å². The number of carbonyl (C=O) groups excluding carboxylic acids is 2. The predicted molar refractivity (Wildman–Crippen MR) is 92.5 cm³/mol. The van der Waals surface area contributed by atoms with Crippen molar-refractivity contribution in [1.82, 2.24) is 10.6 Å². The largest absolute Gasteiger partial charge is 0.497 e. The number of nitrogens with one attached hydrogen (secondary N) is 2. The summed E-state index contributed by atoms with van der Waals surface area (Å²) in [4.78, 5) is 23.8. The molecule has 4 N–H and O–H groups in total. The first kappa shape index (κ1) is 19.7. The molecule has 0 unspecified atom stereocenters. The third-order valence-electron chi connectivity index (χ3n) is 4.05. The third kappa shape index (κ3) is 4.95. The second kappa shape index (κ2) is 9.20. The van der Waals surface area contributed by atoms with Crippen LogP contribution in [0, 0.1) is 12.3 Å². The molecular weight excluding hydrogens is 340 g/mol. The Labute approximate surface area is 151 Å². The molecule has 1 aromatic rings. The minimum absolute atomic E-state index is 0.00837. The molecule has 1 heterocycles. The van der Waals surface area contributed by atoms with Crippen LogP contribution in [0.15, 0.2) is 24.3 Å². The van der Waals surface area contributed by atoms with Crippen molar-refractivity contribution in [3.63, 3.8) is 0 Å². The molecule has 0 saturated carbocycles. The molecule has 2 amide bonds. The minimum Gasteiger partial charge on any atom is -0.497 e. The molecule has 26 heavy (non-hydrogen) atoms. The molecule has 4 atom stereocenters. The fraction of sp³-hybridized carbons (Fsp3) is 0.444. The number of methoxy groups -OCH3 is 1. The summed E-state index contributed by atoms with van der Waals surface area (Å²) in [6.45, 7) is 0.0666. The molecular formula is C18H22N2O6. The quantitative estimate of drug-likeness (QED) is 0.465. The Morgan fingerprint density at radius 1 is 1.19 bits per heavy atom. The molecule has 0 aliphatic carbocycles. The van der Waals surface area contributed by atoms with E-state index >= 15 is 0 Å². The molecule has 1 aliphatic rings. The first-order valence-corrected chi connectivity index (χ1v) is 8.10. The summed E-state index contributed by atoms with van der Waals surface area (Å²) in [6, 6.07) is 6.52.